The summed E-state index contributed by atoms with van der Waals surface area (Å²) in [6.07, 6.45) is 0.797. The maximum atomic E-state index is 13.6. The number of carboxylic acids is 1. The molecule has 2 amide bonds. The Morgan fingerprint density at radius 2 is 1.76 bits per heavy atom. The van der Waals surface area contributed by atoms with Crippen molar-refractivity contribution in [3.05, 3.63) is 50.4 Å². The van der Waals surface area contributed by atoms with Crippen LogP contribution < -0.4 is 4.87 Å². The van der Waals surface area contributed by atoms with E-state index in [1.54, 1.807) is 25.6 Å². The molecule has 172 valence electrons. The number of nitrogens with zero attached hydrogens (tertiary/aromatic N) is 1. The Morgan fingerprint density at radius 1 is 1.09 bits per heavy atom. The molecule has 4 aliphatic rings. The summed E-state index contributed by atoms with van der Waals surface area (Å²) in [5, 5.41) is 10.8. The fourth-order valence-corrected chi connectivity index (χ4v) is 9.93. The number of hydrogen-bond donors (Lipinski definition) is 2. The molecule has 2 N–H and O–H groups in total. The number of imide groups is 1. The molecule has 7 nitrogen and oxygen atoms in total. The van der Waals surface area contributed by atoms with E-state index in [-0.39, 0.29) is 51.5 Å². The third-order valence-corrected chi connectivity index (χ3v) is 10.7. The SMILES string of the molecule is CC(C)[C@@H](C(=O)O)N1C(=O)[C@H]2[C@@H]3C[C@@H]([C@@H]2C1=O)[C@H]1[C@H](c2ccccc2)c2sc(=O)[nH]c2S[C@H]31. The smallest absolute Gasteiger partial charge is 0.327 e. The summed E-state index contributed by atoms with van der Waals surface area (Å²) in [7, 11) is 0. The summed E-state index contributed by atoms with van der Waals surface area (Å²) < 4.78 is 0. The first kappa shape index (κ1) is 21.2. The molecule has 0 spiro atoms. The Labute approximate surface area is 198 Å². The van der Waals surface area contributed by atoms with Crippen LogP contribution in [-0.2, 0) is 14.4 Å². The minimum Gasteiger partial charge on any atom is -0.480 e. The number of thiazole rings is 1. The highest BCUT2D eigenvalue weighted by atomic mass is 32.2. The van der Waals surface area contributed by atoms with Crippen LogP contribution in [0.4, 0.5) is 0 Å². The van der Waals surface area contributed by atoms with Crippen molar-refractivity contribution >= 4 is 40.9 Å². The largest absolute Gasteiger partial charge is 0.480 e. The third kappa shape index (κ3) is 2.81. The molecule has 1 saturated heterocycles. The van der Waals surface area contributed by atoms with Crippen LogP contribution in [0.3, 0.4) is 0 Å². The van der Waals surface area contributed by atoms with E-state index >= 15 is 0 Å². The Bertz CT molecular complexity index is 1220. The van der Waals surface area contributed by atoms with Crippen LogP contribution in [-0.4, -0.2) is 44.1 Å². The van der Waals surface area contributed by atoms with Gasteiger partial charge in [0.25, 0.3) is 0 Å². The quantitative estimate of drug-likeness (QED) is 0.646. The van der Waals surface area contributed by atoms with Crippen molar-refractivity contribution < 1.29 is 19.5 Å². The highest BCUT2D eigenvalue weighted by Gasteiger charge is 2.70. The molecule has 2 saturated carbocycles. The molecule has 3 heterocycles. The molecule has 0 radical (unpaired) electrons. The van der Waals surface area contributed by atoms with Crippen molar-refractivity contribution in [2.24, 2.45) is 35.5 Å². The number of thioether (sulfide) groups is 1. The number of hydrogen-bond acceptors (Lipinski definition) is 6. The number of aromatic nitrogens is 1. The topological polar surface area (TPSA) is 108 Å². The van der Waals surface area contributed by atoms with Crippen LogP contribution in [0.5, 0.6) is 0 Å². The second-order valence-corrected chi connectivity index (χ2v) is 12.1. The second kappa shape index (κ2) is 7.30. The van der Waals surface area contributed by atoms with Crippen LogP contribution >= 0.6 is 23.1 Å². The number of likely N-dealkylation sites (tertiary alicyclic amines) is 1. The number of nitrogens with one attached hydrogen (secondary N) is 1. The van der Waals surface area contributed by atoms with Gasteiger partial charge in [0.15, 0.2) is 0 Å². The van der Waals surface area contributed by atoms with Crippen molar-refractivity contribution in [1.82, 2.24) is 9.88 Å². The Kier molecular flexibility index (Phi) is 4.68. The van der Waals surface area contributed by atoms with Gasteiger partial charge in [0, 0.05) is 16.0 Å². The van der Waals surface area contributed by atoms with Crippen molar-refractivity contribution in [2.45, 2.75) is 42.5 Å². The normalized spacial score (nSPS) is 35.0. The first-order valence-electron chi connectivity index (χ1n) is 11.3. The zero-order valence-electron chi connectivity index (χ0n) is 18.1. The molecule has 33 heavy (non-hydrogen) atoms. The van der Waals surface area contributed by atoms with E-state index in [0.717, 1.165) is 26.8 Å². The molecule has 3 fully saturated rings. The van der Waals surface area contributed by atoms with Crippen LogP contribution in [0, 0.1) is 35.5 Å². The highest BCUT2D eigenvalue weighted by Crippen LogP contribution is 2.68. The van der Waals surface area contributed by atoms with Gasteiger partial charge in [-0.25, -0.2) is 4.79 Å². The Morgan fingerprint density at radius 3 is 2.39 bits per heavy atom. The maximum absolute atomic E-state index is 13.6. The van der Waals surface area contributed by atoms with Crippen molar-refractivity contribution in [3.63, 3.8) is 0 Å². The van der Waals surface area contributed by atoms with Crippen LogP contribution in [0.2, 0.25) is 0 Å². The lowest BCUT2D eigenvalue weighted by molar-refractivity contribution is -0.157. The van der Waals surface area contributed by atoms with Gasteiger partial charge in [0.2, 0.25) is 11.8 Å². The zero-order chi connectivity index (χ0) is 23.2. The standard InChI is InChI=1S/C24H24N2O5S2/c1-9(2)17(23(29)30)26-21(27)15-11-8-12(16(15)22(26)28)18-14(11)13(10-6-4-3-5-7-10)19-20(32-18)25-24(31)33-19/h3-7,9,11-18H,8H2,1-2H3,(H,25,31)(H,29,30)/t11-,12+,13+,14+,15+,16+,17+,18-/m1/s1. The van der Waals surface area contributed by atoms with E-state index in [1.807, 2.05) is 18.2 Å². The molecule has 1 aromatic carbocycles. The lowest BCUT2D eigenvalue weighted by atomic mass is 9.68. The minimum atomic E-state index is -1.13. The zero-order valence-corrected chi connectivity index (χ0v) is 19.8. The maximum Gasteiger partial charge on any atom is 0.327 e. The average molecular weight is 485 g/mol. The lowest BCUT2D eigenvalue weighted by Gasteiger charge is -2.43. The molecule has 0 unspecified atom stereocenters. The van der Waals surface area contributed by atoms with Gasteiger partial charge >= 0.3 is 10.8 Å². The molecule has 9 heteroatoms. The molecule has 2 aliphatic carbocycles. The number of aromatic amines is 1. The van der Waals surface area contributed by atoms with Gasteiger partial charge in [-0.1, -0.05) is 55.5 Å². The number of amides is 2. The third-order valence-electron chi connectivity index (χ3n) is 8.08. The van der Waals surface area contributed by atoms with E-state index in [0.29, 0.717) is 0 Å². The van der Waals surface area contributed by atoms with Gasteiger partial charge in [-0.2, -0.15) is 0 Å². The van der Waals surface area contributed by atoms with Crippen molar-refractivity contribution in [3.8, 4) is 0 Å². The van der Waals surface area contributed by atoms with Gasteiger partial charge in [-0.05, 0) is 35.7 Å². The number of carbonyl (C=O) groups excluding carboxylic acids is 2. The number of benzene rings is 1. The predicted octanol–water partition coefficient (Wildman–Crippen LogP) is 3.02. The van der Waals surface area contributed by atoms with E-state index < -0.39 is 23.8 Å². The molecular weight excluding hydrogens is 460 g/mol. The van der Waals surface area contributed by atoms with Crippen LogP contribution in [0.1, 0.15) is 36.6 Å². The summed E-state index contributed by atoms with van der Waals surface area (Å²) in [6.45, 7) is 3.47. The van der Waals surface area contributed by atoms with Crippen LogP contribution in [0.15, 0.2) is 40.2 Å². The summed E-state index contributed by atoms with van der Waals surface area (Å²) >= 11 is 2.88. The number of carbonyl (C=O) groups is 3. The van der Waals surface area contributed by atoms with Crippen molar-refractivity contribution in [2.75, 3.05) is 0 Å². The molecule has 6 rings (SSSR count). The lowest BCUT2D eigenvalue weighted by Crippen LogP contribution is -2.49. The summed E-state index contributed by atoms with van der Waals surface area (Å²) in [5.74, 6) is -2.94. The molecule has 2 bridgehead atoms. The van der Waals surface area contributed by atoms with E-state index in [9.17, 15) is 24.3 Å². The number of carboxylic acid groups (broad SMARTS) is 1. The van der Waals surface area contributed by atoms with Crippen molar-refractivity contribution in [1.29, 1.82) is 0 Å². The van der Waals surface area contributed by atoms with E-state index in [1.165, 1.54) is 11.3 Å². The number of aliphatic carboxylic acids is 1. The Hall–Kier alpha value is -2.39. The number of rotatable bonds is 4. The molecule has 1 aromatic heterocycles. The van der Waals surface area contributed by atoms with Gasteiger partial charge < -0.3 is 10.1 Å². The summed E-state index contributed by atoms with van der Waals surface area (Å²) in [4.78, 5) is 56.3. The number of fused-ring (bicyclic) bond motifs is 9. The van der Waals surface area contributed by atoms with Gasteiger partial charge in [0.1, 0.15) is 6.04 Å². The molecule has 2 aromatic rings. The average Bonchev–Trinajstić information content (AvgIpc) is 3.49. The minimum absolute atomic E-state index is 0.000761. The molecule has 2 aliphatic heterocycles. The first-order valence-corrected chi connectivity index (χ1v) is 13.0. The van der Waals surface area contributed by atoms with E-state index in [4.69, 9.17) is 0 Å². The summed E-state index contributed by atoms with van der Waals surface area (Å²) in [5.41, 5.74) is 1.12. The first-order chi connectivity index (χ1) is 15.8. The van der Waals surface area contributed by atoms with Gasteiger partial charge in [-0.15, -0.1) is 11.8 Å². The molecular formula is C24H24N2O5S2. The second-order valence-electron chi connectivity index (χ2n) is 9.94. The summed E-state index contributed by atoms with van der Waals surface area (Å²) in [6, 6.07) is 8.95. The van der Waals surface area contributed by atoms with Gasteiger partial charge in [-0.3, -0.25) is 19.3 Å². The Balaban J connectivity index is 1.44. The molecule has 8 atom stereocenters. The fraction of sp³-hybridized carbons (Fsp3) is 0.500. The van der Waals surface area contributed by atoms with Crippen LogP contribution in [0.25, 0.3) is 0 Å². The van der Waals surface area contributed by atoms with E-state index in [2.05, 4.69) is 17.1 Å². The highest BCUT2D eigenvalue weighted by molar-refractivity contribution is 8.00. The van der Waals surface area contributed by atoms with Gasteiger partial charge in [0.05, 0.1) is 16.9 Å². The predicted molar refractivity (Wildman–Crippen MR) is 123 cm³/mol. The fourth-order valence-electron chi connectivity index (χ4n) is 7.04. The monoisotopic (exact) mass is 484 g/mol. The number of H-pyrrole nitrogens is 1.